The fourth-order valence-electron chi connectivity index (χ4n) is 9.64. The summed E-state index contributed by atoms with van der Waals surface area (Å²) in [5.41, 5.74) is 14.4. The molecule has 6 N–H and O–H groups in total. The Morgan fingerprint density at radius 1 is 0.885 bits per heavy atom. The predicted molar refractivity (Wildman–Crippen MR) is 240 cm³/mol. The van der Waals surface area contributed by atoms with Gasteiger partial charge in [0.15, 0.2) is 5.71 Å². The molecule has 2 aliphatic heterocycles. The molecule has 0 spiro atoms. The van der Waals surface area contributed by atoms with Gasteiger partial charge in [-0.25, -0.2) is 9.82 Å². The highest BCUT2D eigenvalue weighted by atomic mass is 35.5. The first-order chi connectivity index (χ1) is 29.2. The Morgan fingerprint density at radius 3 is 2.34 bits per heavy atom. The molecule has 10 nitrogen and oxygen atoms in total. The third-order valence-electron chi connectivity index (χ3n) is 13.2. The van der Waals surface area contributed by atoms with Crippen LogP contribution < -0.4 is 15.8 Å². The largest absolute Gasteiger partial charge is 0.481 e. The summed E-state index contributed by atoms with van der Waals surface area (Å²) in [4.78, 5) is 26.1. The van der Waals surface area contributed by atoms with Gasteiger partial charge in [-0.3, -0.25) is 15.0 Å². The fraction of sp³-hybridized carbons (Fsp3) is 0.531. The van der Waals surface area contributed by atoms with Gasteiger partial charge in [-0.2, -0.15) is 4.58 Å². The number of alkyl halides is 1. The zero-order chi connectivity index (χ0) is 43.9. The molecule has 2 heterocycles. The molecule has 0 aromatic heterocycles. The number of hydrogen-bond donors (Lipinski definition) is 6. The zero-order valence-electron chi connectivity index (χ0n) is 36.2. The Labute approximate surface area is 365 Å². The molecule has 2 aromatic rings. The molecule has 1 saturated carbocycles. The van der Waals surface area contributed by atoms with E-state index in [0.717, 1.165) is 74.2 Å². The number of carbonyl (C=O) groups is 2. The lowest BCUT2D eigenvalue weighted by Crippen LogP contribution is -2.60. The van der Waals surface area contributed by atoms with Crippen molar-refractivity contribution >= 4 is 40.6 Å². The van der Waals surface area contributed by atoms with E-state index in [4.69, 9.17) is 16.7 Å². The molecule has 61 heavy (non-hydrogen) atoms. The van der Waals surface area contributed by atoms with Gasteiger partial charge in [0.2, 0.25) is 11.6 Å². The third kappa shape index (κ3) is 10.4. The van der Waals surface area contributed by atoms with E-state index in [2.05, 4.69) is 121 Å². The Balaban J connectivity index is 1.13. The number of nitrogens with one attached hydrogen (secondary N) is 2. The van der Waals surface area contributed by atoms with Gasteiger partial charge < -0.3 is 25.3 Å². The number of carboxylic acid groups (broad SMARTS) is 1. The molecule has 1 fully saturated rings. The highest BCUT2D eigenvalue weighted by molar-refractivity contribution is 6.32. The number of halogens is 2. The van der Waals surface area contributed by atoms with Gasteiger partial charge >= 0.3 is 5.97 Å². The number of aliphatic hydroxyl groups is 3. The molecule has 330 valence electrons. The highest BCUT2D eigenvalue weighted by Gasteiger charge is 2.45. The minimum absolute atomic E-state index is 0.0879. The van der Waals surface area contributed by atoms with E-state index in [1.165, 1.54) is 33.9 Å². The number of aliphatic hydroxyl groups excluding tert-OH is 3. The second kappa shape index (κ2) is 20.4. The first-order valence-electron chi connectivity index (χ1n) is 22.1. The first-order valence-corrected chi connectivity index (χ1v) is 22.5. The van der Waals surface area contributed by atoms with Gasteiger partial charge in [0.25, 0.3) is 0 Å². The van der Waals surface area contributed by atoms with Crippen molar-refractivity contribution in [2.24, 2.45) is 5.92 Å². The number of carboxylic acids is 1. The molecule has 5 atom stereocenters. The number of anilines is 1. The second-order valence-corrected chi connectivity index (χ2v) is 18.5. The van der Waals surface area contributed by atoms with Crippen LogP contribution in [0.2, 0.25) is 0 Å². The van der Waals surface area contributed by atoms with Crippen molar-refractivity contribution in [3.05, 3.63) is 106 Å². The monoisotopic (exact) mass is 858 g/mol. The van der Waals surface area contributed by atoms with Crippen LogP contribution in [-0.2, 0) is 20.4 Å². The summed E-state index contributed by atoms with van der Waals surface area (Å²) in [6.45, 7) is 10.3. The van der Waals surface area contributed by atoms with Crippen LogP contribution in [0.25, 0.3) is 0 Å². The molecule has 12 heteroatoms. The number of amides is 1. The van der Waals surface area contributed by atoms with Gasteiger partial charge in [0.1, 0.15) is 18.8 Å². The number of aliphatic carboxylic acids is 1. The molecule has 4 aliphatic rings. The Morgan fingerprint density at radius 2 is 1.59 bits per heavy atom. The molecule has 2 unspecified atom stereocenters. The predicted octanol–water partition coefficient (Wildman–Crippen LogP) is 8.17. The lowest BCUT2D eigenvalue weighted by Gasteiger charge is -2.38. The van der Waals surface area contributed by atoms with Gasteiger partial charge in [0.05, 0.1) is 17.6 Å². The second-order valence-electron chi connectivity index (χ2n) is 18.2. The summed E-state index contributed by atoms with van der Waals surface area (Å²) in [6, 6.07) is 16.2. The van der Waals surface area contributed by atoms with Gasteiger partial charge in [-0.1, -0.05) is 80.4 Å². The van der Waals surface area contributed by atoms with Crippen LogP contribution in [0, 0.1) is 5.92 Å². The molecular formula is C49H65ClFN4O6+. The number of hydrazine groups is 1. The summed E-state index contributed by atoms with van der Waals surface area (Å²) in [7, 11) is 0. The first kappa shape index (κ1) is 46.4. The van der Waals surface area contributed by atoms with Crippen LogP contribution in [0.15, 0.2) is 94.7 Å². The van der Waals surface area contributed by atoms with E-state index < -0.39 is 36.3 Å². The van der Waals surface area contributed by atoms with Gasteiger partial charge in [-0.15, -0.1) is 0 Å². The Bertz CT molecular complexity index is 2070. The Kier molecular flexibility index (Phi) is 15.5. The number of hydrogen-bond acceptors (Lipinski definition) is 7. The normalized spacial score (nSPS) is 25.8. The van der Waals surface area contributed by atoms with E-state index in [9.17, 15) is 29.3 Å². The molecule has 2 aromatic carbocycles. The molecule has 2 aliphatic carbocycles. The molecule has 1 amide bonds. The SMILES string of the molecule is CC1(C)C(=CC=C2CCCC(C=CC3=[N+](CCCCCC(=O)NN[C@@H]4CC(CO)[C@@H](O)[C@H](O)C4[18F])c4ccccc4C3(C)C)=C2Cl)N(CCCCCC(=O)O)c2ccccc21. The van der Waals surface area contributed by atoms with Crippen LogP contribution in [0.5, 0.6) is 0 Å². The summed E-state index contributed by atoms with van der Waals surface area (Å²) >= 11 is 7.26. The number of unbranched alkanes of at least 4 members (excludes halogenated alkanes) is 4. The van der Waals surface area contributed by atoms with Crippen LogP contribution in [0.3, 0.4) is 0 Å². The van der Waals surface area contributed by atoms with Crippen molar-refractivity contribution in [2.45, 2.75) is 140 Å². The van der Waals surface area contributed by atoms with Gasteiger partial charge in [-0.05, 0) is 94.1 Å². The van der Waals surface area contributed by atoms with E-state index in [0.29, 0.717) is 12.8 Å². The lowest BCUT2D eigenvalue weighted by molar-refractivity contribution is -0.438. The molecule has 0 radical (unpaired) electrons. The van der Waals surface area contributed by atoms with Crippen LogP contribution in [0.4, 0.5) is 15.8 Å². The number of allylic oxidation sites excluding steroid dienone is 8. The summed E-state index contributed by atoms with van der Waals surface area (Å²) in [5.74, 6) is -1.70. The quantitative estimate of drug-likeness (QED) is 0.0501. The number of benzene rings is 2. The standard InChI is InChI=1S/C49H64ClFN4O6/c1-48(2)35-18-9-11-20-38(35)54(28-13-5-7-22-42(57)53-52-37-30-34(31-56)46(60)47(61)45(37)51)40(48)26-24-32-16-15-17-33(44(32)50)25-27-41-49(3,4)36-19-10-12-21-39(36)55(41)29-14-6-8-23-43(58)59/h9-12,18-21,24-27,34,37,45-47,52,56,60-61H,5-8,13-17,22-23,28-31H2,1-4H3,(H-,53,57,58,59)/p+1/t34?,37-,45?,46-,47-/m1/s1/i51-1. The number of rotatable bonds is 18. The highest BCUT2D eigenvalue weighted by Crippen LogP contribution is 2.48. The summed E-state index contributed by atoms with van der Waals surface area (Å²) in [6.07, 6.45) is 12.2. The van der Waals surface area contributed by atoms with Crippen molar-refractivity contribution in [1.29, 1.82) is 0 Å². The maximum atomic E-state index is 14.6. The average Bonchev–Trinajstić information content (AvgIpc) is 3.59. The van der Waals surface area contributed by atoms with Crippen LogP contribution >= 0.6 is 11.6 Å². The number of carbonyl (C=O) groups excluding carboxylic acids is 1. The van der Waals surface area contributed by atoms with Crippen molar-refractivity contribution in [3.63, 3.8) is 0 Å². The van der Waals surface area contributed by atoms with Gasteiger partial charge in [0, 0.05) is 77.9 Å². The number of para-hydroxylation sites is 2. The maximum Gasteiger partial charge on any atom is 0.303 e. The number of fused-ring (bicyclic) bond motifs is 2. The average molecular weight is 860 g/mol. The van der Waals surface area contributed by atoms with Crippen molar-refractivity contribution in [1.82, 2.24) is 10.9 Å². The maximum absolute atomic E-state index is 14.6. The van der Waals surface area contributed by atoms with Crippen molar-refractivity contribution in [2.75, 3.05) is 24.6 Å². The topological polar surface area (TPSA) is 145 Å². The van der Waals surface area contributed by atoms with Crippen molar-refractivity contribution in [3.8, 4) is 0 Å². The smallest absolute Gasteiger partial charge is 0.303 e. The molecule has 6 rings (SSSR count). The van der Waals surface area contributed by atoms with Crippen LogP contribution in [-0.4, -0.2) is 86.7 Å². The summed E-state index contributed by atoms with van der Waals surface area (Å²) < 4.78 is 17.0. The minimum atomic E-state index is -1.77. The zero-order valence-corrected chi connectivity index (χ0v) is 36.9. The molecular weight excluding hydrogens is 794 g/mol. The van der Waals surface area contributed by atoms with E-state index in [1.807, 2.05) is 0 Å². The summed E-state index contributed by atoms with van der Waals surface area (Å²) in [5, 5.41) is 39.4. The molecule has 0 bridgehead atoms. The van der Waals surface area contributed by atoms with E-state index in [1.54, 1.807) is 0 Å². The number of nitrogens with zero attached hydrogens (tertiary/aromatic N) is 2. The lowest BCUT2D eigenvalue weighted by atomic mass is 9.80. The van der Waals surface area contributed by atoms with Crippen LogP contribution in [0.1, 0.15) is 116 Å². The fourth-order valence-corrected chi connectivity index (χ4v) is 9.96. The van der Waals surface area contributed by atoms with E-state index in [-0.39, 0.29) is 42.6 Å². The Hall–Kier alpha value is -4.13. The minimum Gasteiger partial charge on any atom is -0.481 e. The third-order valence-corrected chi connectivity index (χ3v) is 13.7. The van der Waals surface area contributed by atoms with Crippen molar-refractivity contribution < 1.29 is 39.0 Å². The van der Waals surface area contributed by atoms with E-state index >= 15 is 0 Å². The molecule has 0 saturated heterocycles.